The first kappa shape index (κ1) is 14.8. The summed E-state index contributed by atoms with van der Waals surface area (Å²) in [5, 5.41) is 6.21. The number of aromatic nitrogens is 1. The minimum absolute atomic E-state index is 0.0992. The van der Waals surface area contributed by atoms with E-state index in [2.05, 4.69) is 34.6 Å². The Morgan fingerprint density at radius 1 is 1.45 bits per heavy atom. The van der Waals surface area contributed by atoms with Crippen molar-refractivity contribution in [3.63, 3.8) is 0 Å². The fraction of sp³-hybridized carbons (Fsp3) is 0.600. The highest BCUT2D eigenvalue weighted by molar-refractivity contribution is 5.93. The molecular formula is C15H24N4O. The van der Waals surface area contributed by atoms with Crippen LogP contribution in [0.1, 0.15) is 36.7 Å². The van der Waals surface area contributed by atoms with Gasteiger partial charge in [0.2, 0.25) is 0 Å². The van der Waals surface area contributed by atoms with Crippen molar-refractivity contribution >= 4 is 11.6 Å². The maximum absolute atomic E-state index is 12.2. The number of hydrogen-bond donors (Lipinski definition) is 2. The summed E-state index contributed by atoms with van der Waals surface area (Å²) < 4.78 is 0. The number of pyridine rings is 1. The molecule has 1 aromatic heterocycles. The summed E-state index contributed by atoms with van der Waals surface area (Å²) in [7, 11) is 4.16. The zero-order valence-electron chi connectivity index (χ0n) is 12.6. The normalized spacial score (nSPS) is 16.6. The number of nitrogens with zero attached hydrogens (tertiary/aromatic N) is 2. The van der Waals surface area contributed by atoms with E-state index in [0.29, 0.717) is 12.2 Å². The first-order valence-corrected chi connectivity index (χ1v) is 7.23. The van der Waals surface area contributed by atoms with Crippen molar-refractivity contribution in [2.24, 2.45) is 0 Å². The molecule has 20 heavy (non-hydrogen) atoms. The van der Waals surface area contributed by atoms with Crippen LogP contribution in [0.4, 0.5) is 5.69 Å². The predicted octanol–water partition coefficient (Wildman–Crippen LogP) is 1.73. The number of carbonyl (C=O) groups is 1. The molecular weight excluding hydrogens is 252 g/mol. The Kier molecular flexibility index (Phi) is 4.60. The summed E-state index contributed by atoms with van der Waals surface area (Å²) in [6.45, 7) is 3.54. The zero-order valence-corrected chi connectivity index (χ0v) is 12.6. The maximum Gasteiger partial charge on any atom is 0.270 e. The first-order chi connectivity index (χ1) is 9.57. The lowest BCUT2D eigenvalue weighted by molar-refractivity contribution is 0.0556. The Balaban J connectivity index is 1.96. The smallest absolute Gasteiger partial charge is 0.270 e. The first-order valence-electron chi connectivity index (χ1n) is 7.23. The molecule has 1 heterocycles. The molecule has 5 nitrogen and oxygen atoms in total. The van der Waals surface area contributed by atoms with Crippen molar-refractivity contribution in [1.82, 2.24) is 15.2 Å². The molecule has 1 amide bonds. The number of nitrogens with one attached hydrogen (secondary N) is 2. The quantitative estimate of drug-likeness (QED) is 0.831. The molecule has 5 heteroatoms. The molecule has 110 valence electrons. The van der Waals surface area contributed by atoms with Gasteiger partial charge in [-0.2, -0.15) is 0 Å². The maximum atomic E-state index is 12.2. The molecule has 0 spiro atoms. The molecule has 0 aliphatic heterocycles. The van der Waals surface area contributed by atoms with Crippen LogP contribution in [-0.2, 0) is 0 Å². The van der Waals surface area contributed by atoms with E-state index < -0.39 is 0 Å². The molecule has 1 saturated carbocycles. The lowest BCUT2D eigenvalue weighted by Crippen LogP contribution is -2.57. The van der Waals surface area contributed by atoms with E-state index in [1.165, 1.54) is 6.42 Å². The van der Waals surface area contributed by atoms with Gasteiger partial charge in [-0.25, -0.2) is 0 Å². The van der Waals surface area contributed by atoms with Crippen molar-refractivity contribution in [3.05, 3.63) is 24.0 Å². The highest BCUT2D eigenvalue weighted by Crippen LogP contribution is 2.35. The minimum Gasteiger partial charge on any atom is -0.385 e. The van der Waals surface area contributed by atoms with Gasteiger partial charge in [0.1, 0.15) is 5.69 Å². The van der Waals surface area contributed by atoms with Crippen LogP contribution in [0.25, 0.3) is 0 Å². The molecule has 1 aliphatic rings. The second-order valence-corrected chi connectivity index (χ2v) is 5.62. The van der Waals surface area contributed by atoms with Gasteiger partial charge in [0.05, 0.1) is 0 Å². The van der Waals surface area contributed by atoms with Crippen LogP contribution >= 0.6 is 0 Å². The Morgan fingerprint density at radius 3 is 2.75 bits per heavy atom. The van der Waals surface area contributed by atoms with Gasteiger partial charge in [0, 0.05) is 30.5 Å². The molecule has 1 fully saturated rings. The zero-order chi connectivity index (χ0) is 14.6. The summed E-state index contributed by atoms with van der Waals surface area (Å²) in [5.74, 6) is -0.0992. The van der Waals surface area contributed by atoms with Gasteiger partial charge in [0.15, 0.2) is 0 Å². The van der Waals surface area contributed by atoms with Crippen molar-refractivity contribution < 1.29 is 4.79 Å². The number of rotatable bonds is 6. The standard InChI is InChI=1S/C15H24N4O/c1-4-16-12-6-9-17-13(10-12)14(20)18-11-15(19(2)3)7-5-8-15/h6,9-10H,4-5,7-8,11H2,1-3H3,(H,16,17)(H,18,20). The largest absolute Gasteiger partial charge is 0.385 e. The molecule has 0 bridgehead atoms. The van der Waals surface area contributed by atoms with E-state index in [4.69, 9.17) is 0 Å². The molecule has 0 unspecified atom stereocenters. The number of amides is 1. The summed E-state index contributed by atoms with van der Waals surface area (Å²) >= 11 is 0. The van der Waals surface area contributed by atoms with Gasteiger partial charge >= 0.3 is 0 Å². The van der Waals surface area contributed by atoms with Crippen LogP contribution in [0.5, 0.6) is 0 Å². The summed E-state index contributed by atoms with van der Waals surface area (Å²) in [6, 6.07) is 3.66. The summed E-state index contributed by atoms with van der Waals surface area (Å²) in [5.41, 5.74) is 1.53. The highest BCUT2D eigenvalue weighted by Gasteiger charge is 2.39. The van der Waals surface area contributed by atoms with Crippen molar-refractivity contribution in [2.75, 3.05) is 32.5 Å². The van der Waals surface area contributed by atoms with Crippen LogP contribution in [0, 0.1) is 0 Å². The molecule has 2 rings (SSSR count). The van der Waals surface area contributed by atoms with Gasteiger partial charge in [-0.15, -0.1) is 0 Å². The van der Waals surface area contributed by atoms with Crippen LogP contribution in [0.3, 0.4) is 0 Å². The van der Waals surface area contributed by atoms with Gasteiger partial charge in [-0.1, -0.05) is 0 Å². The molecule has 0 aromatic carbocycles. The second kappa shape index (κ2) is 6.22. The lowest BCUT2D eigenvalue weighted by Gasteiger charge is -2.47. The monoisotopic (exact) mass is 276 g/mol. The minimum atomic E-state index is -0.0992. The molecule has 0 radical (unpaired) electrons. The number of likely N-dealkylation sites (N-methyl/N-ethyl adjacent to an activating group) is 1. The van der Waals surface area contributed by atoms with Crippen LogP contribution in [0.15, 0.2) is 18.3 Å². The predicted molar refractivity (Wildman–Crippen MR) is 81.0 cm³/mol. The van der Waals surface area contributed by atoms with E-state index in [0.717, 1.165) is 25.1 Å². The summed E-state index contributed by atoms with van der Waals surface area (Å²) in [4.78, 5) is 18.6. The number of hydrogen-bond acceptors (Lipinski definition) is 4. The molecule has 1 aliphatic carbocycles. The van der Waals surface area contributed by atoms with Gasteiger partial charge < -0.3 is 15.5 Å². The van der Waals surface area contributed by atoms with Crippen LogP contribution in [0.2, 0.25) is 0 Å². The van der Waals surface area contributed by atoms with E-state index in [-0.39, 0.29) is 11.4 Å². The molecule has 1 aromatic rings. The Bertz CT molecular complexity index is 469. The molecule has 0 atom stereocenters. The SMILES string of the molecule is CCNc1ccnc(C(=O)NCC2(N(C)C)CCC2)c1. The molecule has 0 saturated heterocycles. The van der Waals surface area contributed by atoms with Crippen molar-refractivity contribution in [1.29, 1.82) is 0 Å². The number of carbonyl (C=O) groups excluding carboxylic acids is 1. The summed E-state index contributed by atoms with van der Waals surface area (Å²) in [6.07, 6.45) is 5.19. The third-order valence-corrected chi connectivity index (χ3v) is 4.18. The van der Waals surface area contributed by atoms with E-state index in [9.17, 15) is 4.79 Å². The van der Waals surface area contributed by atoms with E-state index >= 15 is 0 Å². The third kappa shape index (κ3) is 3.10. The van der Waals surface area contributed by atoms with Crippen LogP contribution in [-0.4, -0.2) is 48.5 Å². The second-order valence-electron chi connectivity index (χ2n) is 5.62. The van der Waals surface area contributed by atoms with E-state index in [1.54, 1.807) is 12.3 Å². The van der Waals surface area contributed by atoms with Crippen molar-refractivity contribution in [3.8, 4) is 0 Å². The average molecular weight is 276 g/mol. The van der Waals surface area contributed by atoms with Gasteiger partial charge in [0.25, 0.3) is 5.91 Å². The molecule has 2 N–H and O–H groups in total. The van der Waals surface area contributed by atoms with Crippen molar-refractivity contribution in [2.45, 2.75) is 31.7 Å². The fourth-order valence-electron chi connectivity index (χ4n) is 2.57. The topological polar surface area (TPSA) is 57.3 Å². The Hall–Kier alpha value is -1.62. The lowest BCUT2D eigenvalue weighted by atomic mass is 9.75. The van der Waals surface area contributed by atoms with Gasteiger partial charge in [-0.05, 0) is 52.4 Å². The third-order valence-electron chi connectivity index (χ3n) is 4.18. The number of anilines is 1. The van der Waals surface area contributed by atoms with E-state index in [1.807, 2.05) is 13.0 Å². The van der Waals surface area contributed by atoms with Gasteiger partial charge in [-0.3, -0.25) is 9.78 Å². The Morgan fingerprint density at radius 2 is 2.20 bits per heavy atom. The Labute approximate surface area is 120 Å². The average Bonchev–Trinajstić information content (AvgIpc) is 2.37. The fourth-order valence-corrected chi connectivity index (χ4v) is 2.57. The van der Waals surface area contributed by atoms with Crippen LogP contribution < -0.4 is 10.6 Å². The highest BCUT2D eigenvalue weighted by atomic mass is 16.1.